The van der Waals surface area contributed by atoms with Gasteiger partial charge in [-0.3, -0.25) is 0 Å². The van der Waals surface area contributed by atoms with Crippen molar-refractivity contribution in [2.75, 3.05) is 18.4 Å². The van der Waals surface area contributed by atoms with Crippen LogP contribution in [-0.2, 0) is 4.79 Å². The fourth-order valence-corrected chi connectivity index (χ4v) is 2.91. The number of carbonyl (C=O) groups is 1. The van der Waals surface area contributed by atoms with Crippen LogP contribution in [0.15, 0.2) is 22.7 Å². The number of nitrogens with one attached hydrogen (secondary N) is 2. The molecule has 0 spiro atoms. The Labute approximate surface area is 125 Å². The average Bonchev–Trinajstić information content (AvgIpc) is 2.36. The van der Waals surface area contributed by atoms with Gasteiger partial charge in [-0.25, -0.2) is 4.79 Å². The highest BCUT2D eigenvalue weighted by Crippen LogP contribution is 2.32. The van der Waals surface area contributed by atoms with E-state index in [4.69, 9.17) is 11.6 Å². The predicted molar refractivity (Wildman–Crippen MR) is 79.8 cm³/mol. The quantitative estimate of drug-likeness (QED) is 0.787. The lowest BCUT2D eigenvalue weighted by atomic mass is 9.79. The summed E-state index contributed by atoms with van der Waals surface area (Å²) in [5, 5.41) is 16.6. The molecule has 1 saturated heterocycles. The van der Waals surface area contributed by atoms with E-state index in [2.05, 4.69) is 26.6 Å². The molecule has 0 aromatic heterocycles. The molecule has 1 fully saturated rings. The first kappa shape index (κ1) is 14.6. The fraction of sp³-hybridized carbons (Fsp3) is 0.462. The average molecular weight is 348 g/mol. The van der Waals surface area contributed by atoms with Gasteiger partial charge in [0.2, 0.25) is 0 Å². The summed E-state index contributed by atoms with van der Waals surface area (Å²) in [6, 6.07) is 5.35. The van der Waals surface area contributed by atoms with Gasteiger partial charge >= 0.3 is 5.97 Å². The number of anilines is 1. The molecule has 2 atom stereocenters. The monoisotopic (exact) mass is 346 g/mol. The summed E-state index contributed by atoms with van der Waals surface area (Å²) < 4.78 is 0.751. The highest BCUT2D eigenvalue weighted by molar-refractivity contribution is 9.10. The molecule has 1 aromatic carbocycles. The molecule has 4 nitrogen and oxygen atoms in total. The molecule has 0 saturated carbocycles. The van der Waals surface area contributed by atoms with Gasteiger partial charge in [0, 0.05) is 22.6 Å². The molecule has 6 heteroatoms. The largest absolute Gasteiger partial charge is 0.479 e. The molecule has 1 aliphatic rings. The molecular weight excluding hydrogens is 332 g/mol. The number of aliphatic carboxylic acids is 1. The zero-order valence-corrected chi connectivity index (χ0v) is 12.9. The van der Waals surface area contributed by atoms with Crippen molar-refractivity contribution < 1.29 is 9.90 Å². The van der Waals surface area contributed by atoms with Crippen LogP contribution in [0.2, 0.25) is 5.02 Å². The van der Waals surface area contributed by atoms with E-state index in [1.807, 2.05) is 13.0 Å². The van der Waals surface area contributed by atoms with E-state index in [-0.39, 0.29) is 5.92 Å². The van der Waals surface area contributed by atoms with Crippen molar-refractivity contribution in [3.05, 3.63) is 27.7 Å². The van der Waals surface area contributed by atoms with Gasteiger partial charge in [-0.05, 0) is 47.1 Å². The second kappa shape index (κ2) is 5.69. The molecule has 2 unspecified atom stereocenters. The summed E-state index contributed by atoms with van der Waals surface area (Å²) in [7, 11) is 0. The first-order valence-electron chi connectivity index (χ1n) is 6.13. The van der Waals surface area contributed by atoms with Gasteiger partial charge in [-0.1, -0.05) is 18.5 Å². The van der Waals surface area contributed by atoms with Crippen LogP contribution in [0.3, 0.4) is 0 Å². The third-order valence-electron chi connectivity index (χ3n) is 3.66. The Balaban J connectivity index is 2.30. The lowest BCUT2D eigenvalue weighted by Crippen LogP contribution is -2.59. The minimum atomic E-state index is -0.932. The van der Waals surface area contributed by atoms with E-state index in [0.717, 1.165) is 10.2 Å². The Morgan fingerprint density at radius 3 is 2.95 bits per heavy atom. The van der Waals surface area contributed by atoms with E-state index in [1.54, 1.807) is 12.1 Å². The Morgan fingerprint density at radius 1 is 1.63 bits per heavy atom. The van der Waals surface area contributed by atoms with Crippen LogP contribution in [0, 0.1) is 5.92 Å². The minimum absolute atomic E-state index is 0.00629. The highest BCUT2D eigenvalue weighted by atomic mass is 79.9. The van der Waals surface area contributed by atoms with Gasteiger partial charge in [-0.15, -0.1) is 0 Å². The molecule has 104 valence electrons. The van der Waals surface area contributed by atoms with Crippen LogP contribution in [0.25, 0.3) is 0 Å². The summed E-state index contributed by atoms with van der Waals surface area (Å²) in [6.45, 7) is 3.32. The zero-order valence-electron chi connectivity index (χ0n) is 10.5. The first-order chi connectivity index (χ1) is 8.95. The van der Waals surface area contributed by atoms with Crippen molar-refractivity contribution in [3.8, 4) is 0 Å². The number of carboxylic acid groups (broad SMARTS) is 1. The molecule has 2 rings (SSSR count). The number of carboxylic acids is 1. The third kappa shape index (κ3) is 2.88. The van der Waals surface area contributed by atoms with Gasteiger partial charge in [0.1, 0.15) is 5.54 Å². The maximum absolute atomic E-state index is 11.7. The van der Waals surface area contributed by atoms with E-state index in [9.17, 15) is 9.90 Å². The molecule has 1 heterocycles. The highest BCUT2D eigenvalue weighted by Gasteiger charge is 2.45. The minimum Gasteiger partial charge on any atom is -0.479 e. The van der Waals surface area contributed by atoms with Crippen molar-refractivity contribution >= 4 is 39.2 Å². The van der Waals surface area contributed by atoms with E-state index < -0.39 is 11.5 Å². The van der Waals surface area contributed by atoms with Crippen molar-refractivity contribution in [2.45, 2.75) is 18.9 Å². The number of rotatable bonds is 3. The Hall–Kier alpha value is -0.780. The van der Waals surface area contributed by atoms with Crippen LogP contribution in [0.5, 0.6) is 0 Å². The topological polar surface area (TPSA) is 61.4 Å². The van der Waals surface area contributed by atoms with Crippen LogP contribution in [0.4, 0.5) is 5.69 Å². The molecule has 0 bridgehead atoms. The second-order valence-electron chi connectivity index (χ2n) is 4.89. The molecule has 1 aliphatic heterocycles. The summed E-state index contributed by atoms with van der Waals surface area (Å²) in [5.74, 6) is -0.819. The lowest BCUT2D eigenvalue weighted by Gasteiger charge is -2.40. The predicted octanol–water partition coefficient (Wildman–Crippen LogP) is 2.97. The normalized spacial score (nSPS) is 27.0. The number of hydrogen-bond donors (Lipinski definition) is 3. The van der Waals surface area contributed by atoms with Gasteiger partial charge in [-0.2, -0.15) is 0 Å². The molecule has 3 N–H and O–H groups in total. The third-order valence-corrected chi connectivity index (χ3v) is 4.87. The summed E-state index contributed by atoms with van der Waals surface area (Å²) >= 11 is 9.30. The zero-order chi connectivity index (χ0) is 14.0. The molecule has 0 aliphatic carbocycles. The molecule has 1 aromatic rings. The summed E-state index contributed by atoms with van der Waals surface area (Å²) in [4.78, 5) is 11.7. The SMILES string of the molecule is CC1CNCCC1(Nc1ccc(Cl)c(Br)c1)C(=O)O. The van der Waals surface area contributed by atoms with Gasteiger partial charge in [0.25, 0.3) is 0 Å². The second-order valence-corrected chi connectivity index (χ2v) is 6.15. The molecule has 0 amide bonds. The number of benzene rings is 1. The van der Waals surface area contributed by atoms with Crippen LogP contribution in [0.1, 0.15) is 13.3 Å². The van der Waals surface area contributed by atoms with Gasteiger partial charge in [0.05, 0.1) is 5.02 Å². The van der Waals surface area contributed by atoms with Crippen LogP contribution >= 0.6 is 27.5 Å². The van der Waals surface area contributed by atoms with Crippen LogP contribution < -0.4 is 10.6 Å². The standard InChI is InChI=1S/C13H16BrClN2O2/c1-8-7-16-5-4-13(8,12(18)19)17-9-2-3-11(15)10(14)6-9/h2-3,6,8,16-17H,4-5,7H2,1H3,(H,18,19). The maximum Gasteiger partial charge on any atom is 0.329 e. The maximum atomic E-state index is 11.7. The summed E-state index contributed by atoms with van der Waals surface area (Å²) in [6.07, 6.45) is 0.545. The number of piperidine rings is 1. The van der Waals surface area contributed by atoms with E-state index in [0.29, 0.717) is 24.5 Å². The lowest BCUT2D eigenvalue weighted by molar-refractivity contribution is -0.145. The Kier molecular flexibility index (Phi) is 4.38. The molecule has 19 heavy (non-hydrogen) atoms. The van der Waals surface area contributed by atoms with Crippen molar-refractivity contribution in [1.82, 2.24) is 5.32 Å². The van der Waals surface area contributed by atoms with Gasteiger partial charge < -0.3 is 15.7 Å². The fourth-order valence-electron chi connectivity index (χ4n) is 2.41. The smallest absolute Gasteiger partial charge is 0.329 e. The number of halogens is 2. The van der Waals surface area contributed by atoms with Crippen molar-refractivity contribution in [2.24, 2.45) is 5.92 Å². The summed E-state index contributed by atoms with van der Waals surface area (Å²) in [5.41, 5.74) is -0.175. The number of hydrogen-bond acceptors (Lipinski definition) is 3. The molecular formula is C13H16BrClN2O2. The Bertz CT molecular complexity index is 498. The molecule has 0 radical (unpaired) electrons. The van der Waals surface area contributed by atoms with E-state index >= 15 is 0 Å². The van der Waals surface area contributed by atoms with Crippen molar-refractivity contribution in [1.29, 1.82) is 0 Å². The first-order valence-corrected chi connectivity index (χ1v) is 7.30. The Morgan fingerprint density at radius 2 is 2.37 bits per heavy atom. The van der Waals surface area contributed by atoms with Crippen LogP contribution in [-0.4, -0.2) is 29.7 Å². The van der Waals surface area contributed by atoms with E-state index in [1.165, 1.54) is 0 Å². The van der Waals surface area contributed by atoms with Crippen molar-refractivity contribution in [3.63, 3.8) is 0 Å². The van der Waals surface area contributed by atoms with Gasteiger partial charge in [0.15, 0.2) is 0 Å².